The summed E-state index contributed by atoms with van der Waals surface area (Å²) >= 11 is 0. The molecule has 0 bridgehead atoms. The quantitative estimate of drug-likeness (QED) is 0.817. The van der Waals surface area contributed by atoms with E-state index in [4.69, 9.17) is 0 Å². The van der Waals surface area contributed by atoms with Gasteiger partial charge in [-0.05, 0) is 18.6 Å². The predicted octanol–water partition coefficient (Wildman–Crippen LogP) is 0.424. The second-order valence-corrected chi connectivity index (χ2v) is 5.15. The number of fused-ring (bicyclic) bond motifs is 1. The molecule has 0 aromatic carbocycles. The smallest absolute Gasteiger partial charge is 0.272 e. The molecule has 110 valence electrons. The van der Waals surface area contributed by atoms with Crippen molar-refractivity contribution in [3.05, 3.63) is 30.2 Å². The molecule has 7 nitrogen and oxygen atoms in total. The zero-order valence-electron chi connectivity index (χ0n) is 11.9. The lowest BCUT2D eigenvalue weighted by atomic mass is 10.3. The maximum Gasteiger partial charge on any atom is 0.272 e. The first-order valence-corrected chi connectivity index (χ1v) is 6.99. The zero-order chi connectivity index (χ0) is 14.8. The lowest BCUT2D eigenvalue weighted by Crippen LogP contribution is -2.37. The van der Waals surface area contributed by atoms with Crippen molar-refractivity contribution in [3.8, 4) is 0 Å². The summed E-state index contributed by atoms with van der Waals surface area (Å²) in [4.78, 5) is 31.5. The number of hydrogen-bond donors (Lipinski definition) is 0. The van der Waals surface area contributed by atoms with E-state index in [0.29, 0.717) is 30.9 Å². The van der Waals surface area contributed by atoms with Crippen LogP contribution in [0.2, 0.25) is 0 Å². The first-order valence-electron chi connectivity index (χ1n) is 6.99. The van der Waals surface area contributed by atoms with Crippen LogP contribution < -0.4 is 0 Å². The lowest BCUT2D eigenvalue weighted by Gasteiger charge is -2.22. The van der Waals surface area contributed by atoms with Crippen molar-refractivity contribution in [3.63, 3.8) is 0 Å². The van der Waals surface area contributed by atoms with Crippen molar-refractivity contribution in [2.45, 2.75) is 12.8 Å². The molecule has 0 unspecified atom stereocenters. The monoisotopic (exact) mass is 287 g/mol. The highest BCUT2D eigenvalue weighted by molar-refractivity contribution is 5.93. The van der Waals surface area contributed by atoms with E-state index in [-0.39, 0.29) is 11.8 Å². The lowest BCUT2D eigenvalue weighted by molar-refractivity contribution is -0.127. The molecule has 3 rings (SSSR count). The SMILES string of the molecule is CN(CCN1CCCC1=O)C(=O)c1cccc2ncnn12. The van der Waals surface area contributed by atoms with Crippen LogP contribution in [-0.4, -0.2) is 62.9 Å². The summed E-state index contributed by atoms with van der Waals surface area (Å²) in [5.74, 6) is 0.0481. The molecular formula is C14H17N5O2. The average Bonchev–Trinajstić information content (AvgIpc) is 3.12. The van der Waals surface area contributed by atoms with Crippen molar-refractivity contribution in [1.29, 1.82) is 0 Å². The fraction of sp³-hybridized carbons (Fsp3) is 0.429. The van der Waals surface area contributed by atoms with Gasteiger partial charge in [0.2, 0.25) is 5.91 Å². The molecular weight excluding hydrogens is 270 g/mol. The van der Waals surface area contributed by atoms with Crippen LogP contribution in [0.4, 0.5) is 0 Å². The predicted molar refractivity (Wildman–Crippen MR) is 75.8 cm³/mol. The normalized spacial score (nSPS) is 14.9. The number of hydrogen-bond acceptors (Lipinski definition) is 4. The highest BCUT2D eigenvalue weighted by Crippen LogP contribution is 2.10. The molecule has 0 aliphatic carbocycles. The van der Waals surface area contributed by atoms with Crippen molar-refractivity contribution >= 4 is 17.5 Å². The highest BCUT2D eigenvalue weighted by atomic mass is 16.2. The number of nitrogens with zero attached hydrogens (tertiary/aromatic N) is 5. The number of pyridine rings is 1. The Labute approximate surface area is 122 Å². The van der Waals surface area contributed by atoms with Gasteiger partial charge in [-0.1, -0.05) is 6.07 Å². The van der Waals surface area contributed by atoms with E-state index < -0.39 is 0 Å². The van der Waals surface area contributed by atoms with Crippen LogP contribution in [-0.2, 0) is 4.79 Å². The van der Waals surface area contributed by atoms with Crippen LogP contribution in [0.15, 0.2) is 24.5 Å². The van der Waals surface area contributed by atoms with Crippen molar-refractivity contribution in [2.75, 3.05) is 26.7 Å². The van der Waals surface area contributed by atoms with E-state index in [0.717, 1.165) is 13.0 Å². The number of amides is 2. The van der Waals surface area contributed by atoms with Gasteiger partial charge in [0, 0.05) is 33.1 Å². The summed E-state index contributed by atoms with van der Waals surface area (Å²) in [6.07, 6.45) is 2.96. The van der Waals surface area contributed by atoms with Crippen LogP contribution in [0.3, 0.4) is 0 Å². The molecule has 1 fully saturated rings. The number of rotatable bonds is 4. The Kier molecular flexibility index (Phi) is 3.55. The molecule has 0 atom stereocenters. The number of carbonyl (C=O) groups excluding carboxylic acids is 2. The first kappa shape index (κ1) is 13.5. The Balaban J connectivity index is 1.69. The van der Waals surface area contributed by atoms with Crippen LogP contribution in [0, 0.1) is 0 Å². The summed E-state index contributed by atoms with van der Waals surface area (Å²) in [6, 6.07) is 5.31. The van der Waals surface area contributed by atoms with Crippen molar-refractivity contribution in [1.82, 2.24) is 24.4 Å². The summed E-state index contributed by atoms with van der Waals surface area (Å²) in [7, 11) is 1.73. The molecule has 2 aromatic rings. The van der Waals surface area contributed by atoms with Crippen LogP contribution in [0.25, 0.3) is 5.65 Å². The van der Waals surface area contributed by atoms with Crippen molar-refractivity contribution in [2.24, 2.45) is 0 Å². The molecule has 3 heterocycles. The Morgan fingerprint density at radius 1 is 1.43 bits per heavy atom. The molecule has 1 aliphatic heterocycles. The second kappa shape index (κ2) is 5.51. The minimum Gasteiger partial charge on any atom is -0.341 e. The van der Waals surface area contributed by atoms with Gasteiger partial charge in [0.25, 0.3) is 5.91 Å². The number of aromatic nitrogens is 3. The molecule has 7 heteroatoms. The topological polar surface area (TPSA) is 70.8 Å². The molecule has 0 N–H and O–H groups in total. The van der Waals surface area contributed by atoms with Gasteiger partial charge in [-0.2, -0.15) is 5.10 Å². The van der Waals surface area contributed by atoms with Gasteiger partial charge >= 0.3 is 0 Å². The molecule has 2 amide bonds. The van der Waals surface area contributed by atoms with E-state index in [1.165, 1.54) is 10.8 Å². The average molecular weight is 287 g/mol. The van der Waals surface area contributed by atoms with E-state index in [1.807, 2.05) is 0 Å². The summed E-state index contributed by atoms with van der Waals surface area (Å²) in [5, 5.41) is 4.07. The maximum atomic E-state index is 12.5. The summed E-state index contributed by atoms with van der Waals surface area (Å²) < 4.78 is 1.53. The van der Waals surface area contributed by atoms with Gasteiger partial charge in [-0.25, -0.2) is 9.50 Å². The van der Waals surface area contributed by atoms with E-state index in [1.54, 1.807) is 35.0 Å². The van der Waals surface area contributed by atoms with Crippen LogP contribution in [0.1, 0.15) is 23.3 Å². The Morgan fingerprint density at radius 2 is 2.29 bits per heavy atom. The number of likely N-dealkylation sites (tertiary alicyclic amines) is 1. The largest absolute Gasteiger partial charge is 0.341 e. The molecule has 0 radical (unpaired) electrons. The van der Waals surface area contributed by atoms with Gasteiger partial charge in [0.1, 0.15) is 12.0 Å². The number of carbonyl (C=O) groups is 2. The summed E-state index contributed by atoms with van der Waals surface area (Å²) in [5.41, 5.74) is 1.12. The standard InChI is InChI=1S/C14H17N5O2/c1-17(8-9-18-7-3-6-13(18)20)14(21)11-4-2-5-12-15-10-16-19(11)12/h2,4-5,10H,3,6-9H2,1H3. The molecule has 2 aromatic heterocycles. The fourth-order valence-corrected chi connectivity index (χ4v) is 2.52. The van der Waals surface area contributed by atoms with Crippen molar-refractivity contribution < 1.29 is 9.59 Å². The van der Waals surface area contributed by atoms with Gasteiger partial charge in [0.15, 0.2) is 5.65 Å². The van der Waals surface area contributed by atoms with Gasteiger partial charge in [0.05, 0.1) is 0 Å². The second-order valence-electron chi connectivity index (χ2n) is 5.15. The van der Waals surface area contributed by atoms with Gasteiger partial charge in [-0.3, -0.25) is 9.59 Å². The molecule has 1 saturated heterocycles. The van der Waals surface area contributed by atoms with Gasteiger partial charge in [-0.15, -0.1) is 0 Å². The Morgan fingerprint density at radius 3 is 3.05 bits per heavy atom. The van der Waals surface area contributed by atoms with E-state index in [2.05, 4.69) is 10.1 Å². The van der Waals surface area contributed by atoms with Crippen LogP contribution >= 0.6 is 0 Å². The molecule has 1 aliphatic rings. The maximum absolute atomic E-state index is 12.5. The third kappa shape index (κ3) is 2.58. The van der Waals surface area contributed by atoms with Gasteiger partial charge < -0.3 is 9.80 Å². The highest BCUT2D eigenvalue weighted by Gasteiger charge is 2.22. The molecule has 21 heavy (non-hydrogen) atoms. The minimum absolute atomic E-state index is 0.127. The van der Waals surface area contributed by atoms with Crippen LogP contribution in [0.5, 0.6) is 0 Å². The molecule has 0 spiro atoms. The van der Waals surface area contributed by atoms with E-state index >= 15 is 0 Å². The summed E-state index contributed by atoms with van der Waals surface area (Å²) in [6.45, 7) is 1.88. The first-order chi connectivity index (χ1) is 10.2. The third-order valence-electron chi connectivity index (χ3n) is 3.74. The Hall–Kier alpha value is -2.44. The third-order valence-corrected chi connectivity index (χ3v) is 3.74. The minimum atomic E-state index is -0.127. The Bertz CT molecular complexity index is 681. The molecule has 0 saturated carbocycles. The zero-order valence-corrected chi connectivity index (χ0v) is 11.9. The fourth-order valence-electron chi connectivity index (χ4n) is 2.52. The van der Waals surface area contributed by atoms with E-state index in [9.17, 15) is 9.59 Å². The number of likely N-dealkylation sites (N-methyl/N-ethyl adjacent to an activating group) is 1.